The van der Waals surface area contributed by atoms with Crippen LogP contribution in [0.25, 0.3) is 10.9 Å². The summed E-state index contributed by atoms with van der Waals surface area (Å²) >= 11 is 0. The Hall–Kier alpha value is -2.48. The second-order valence-electron chi connectivity index (χ2n) is 8.39. The molecule has 0 aliphatic carbocycles. The van der Waals surface area contributed by atoms with Crippen LogP contribution in [0.4, 0.5) is 0 Å². The normalized spacial score (nSPS) is 17.0. The second kappa shape index (κ2) is 8.57. The Morgan fingerprint density at radius 1 is 1.06 bits per heavy atom. The largest absolute Gasteiger partial charge is 0.377 e. The predicted molar refractivity (Wildman–Crippen MR) is 122 cm³/mol. The number of nitrogens with one attached hydrogen (secondary N) is 1. The Bertz CT molecular complexity index is 1260. The van der Waals surface area contributed by atoms with Crippen LogP contribution in [0.1, 0.15) is 35.1 Å². The van der Waals surface area contributed by atoms with Gasteiger partial charge in [0, 0.05) is 30.8 Å². The van der Waals surface area contributed by atoms with Crippen molar-refractivity contribution in [2.24, 2.45) is 0 Å². The first kappa shape index (κ1) is 21.7. The Labute approximate surface area is 182 Å². The van der Waals surface area contributed by atoms with Gasteiger partial charge < -0.3 is 9.72 Å². The number of hydrogen-bond acceptors (Lipinski definition) is 4. The van der Waals surface area contributed by atoms with Crippen molar-refractivity contribution in [3.63, 3.8) is 0 Å². The smallest absolute Gasteiger partial charge is 0.252 e. The highest BCUT2D eigenvalue weighted by Crippen LogP contribution is 2.23. The number of hydrogen-bond donors (Lipinski definition) is 1. The molecule has 31 heavy (non-hydrogen) atoms. The zero-order valence-electron chi connectivity index (χ0n) is 18.1. The minimum Gasteiger partial charge on any atom is -0.377 e. The van der Waals surface area contributed by atoms with Crippen LogP contribution >= 0.6 is 0 Å². The number of aromatic amines is 1. The third-order valence-electron chi connectivity index (χ3n) is 5.97. The van der Waals surface area contributed by atoms with Gasteiger partial charge >= 0.3 is 0 Å². The quantitative estimate of drug-likeness (QED) is 0.632. The van der Waals surface area contributed by atoms with Gasteiger partial charge in [-0.2, -0.15) is 4.31 Å². The molecule has 1 aliphatic heterocycles. The van der Waals surface area contributed by atoms with Gasteiger partial charge in [-0.15, -0.1) is 0 Å². The zero-order chi connectivity index (χ0) is 22.2. The van der Waals surface area contributed by atoms with Gasteiger partial charge in [0.1, 0.15) is 0 Å². The molecule has 1 saturated heterocycles. The molecule has 4 rings (SSSR count). The summed E-state index contributed by atoms with van der Waals surface area (Å²) in [5.41, 5.74) is 4.11. The number of nitrogens with zero attached hydrogens (tertiary/aromatic N) is 1. The summed E-state index contributed by atoms with van der Waals surface area (Å²) in [6, 6.07) is 12.6. The van der Waals surface area contributed by atoms with E-state index in [1.165, 1.54) is 4.31 Å². The lowest BCUT2D eigenvalue weighted by atomic mass is 10.0. The van der Waals surface area contributed by atoms with Gasteiger partial charge in [-0.1, -0.05) is 17.7 Å². The first-order valence-corrected chi connectivity index (χ1v) is 12.0. The summed E-state index contributed by atoms with van der Waals surface area (Å²) in [6.45, 7) is 6.79. The summed E-state index contributed by atoms with van der Waals surface area (Å²) in [6.07, 6.45) is 1.56. The molecule has 0 radical (unpaired) electrons. The minimum atomic E-state index is -3.79. The molecule has 1 unspecified atom stereocenters. The zero-order valence-corrected chi connectivity index (χ0v) is 19.0. The fourth-order valence-electron chi connectivity index (χ4n) is 3.95. The maximum Gasteiger partial charge on any atom is 0.252 e. The fraction of sp³-hybridized carbons (Fsp3) is 0.375. The van der Waals surface area contributed by atoms with Crippen molar-refractivity contribution in [2.45, 2.75) is 51.2 Å². The molecule has 0 saturated carbocycles. The van der Waals surface area contributed by atoms with Crippen LogP contribution in [0.3, 0.4) is 0 Å². The van der Waals surface area contributed by atoms with E-state index in [0.717, 1.165) is 40.4 Å². The number of aromatic nitrogens is 1. The molecular weight excluding hydrogens is 412 g/mol. The molecular formula is C24H28N2O4S. The van der Waals surface area contributed by atoms with Crippen LogP contribution in [0.5, 0.6) is 0 Å². The highest BCUT2D eigenvalue weighted by molar-refractivity contribution is 7.89. The Morgan fingerprint density at radius 2 is 1.77 bits per heavy atom. The van der Waals surface area contributed by atoms with Crippen molar-refractivity contribution in [3.05, 3.63) is 75.1 Å². The Kier molecular flexibility index (Phi) is 6.01. The average Bonchev–Trinajstić information content (AvgIpc) is 3.23. The molecule has 0 spiro atoms. The summed E-state index contributed by atoms with van der Waals surface area (Å²) in [5.74, 6) is 0. The van der Waals surface area contributed by atoms with E-state index >= 15 is 0 Å². The molecule has 0 bridgehead atoms. The molecule has 0 amide bonds. The van der Waals surface area contributed by atoms with E-state index in [1.807, 2.05) is 32.9 Å². The van der Waals surface area contributed by atoms with Crippen LogP contribution < -0.4 is 5.56 Å². The van der Waals surface area contributed by atoms with Crippen LogP contribution in [-0.2, 0) is 21.3 Å². The van der Waals surface area contributed by atoms with Crippen molar-refractivity contribution in [3.8, 4) is 0 Å². The van der Waals surface area contributed by atoms with Gasteiger partial charge in [0.25, 0.3) is 5.56 Å². The molecule has 6 nitrogen and oxygen atoms in total. The van der Waals surface area contributed by atoms with Crippen molar-refractivity contribution in [1.29, 1.82) is 0 Å². The topological polar surface area (TPSA) is 79.5 Å². The van der Waals surface area contributed by atoms with Gasteiger partial charge in [-0.3, -0.25) is 4.79 Å². The standard InChI is InChI=1S/C24H28N2O4S/c1-16-6-8-22(9-7-16)31(28,29)26(15-21-5-4-10-30-21)14-20-13-19-11-17(2)18(3)12-23(19)25-24(20)27/h6-9,11-13,21H,4-5,10,14-15H2,1-3H3,(H,25,27). The van der Waals surface area contributed by atoms with Crippen molar-refractivity contribution >= 4 is 20.9 Å². The van der Waals surface area contributed by atoms with Gasteiger partial charge in [0.2, 0.25) is 10.0 Å². The maximum atomic E-state index is 13.5. The number of rotatable bonds is 6. The Balaban J connectivity index is 1.73. The summed E-state index contributed by atoms with van der Waals surface area (Å²) < 4.78 is 34.0. The molecule has 2 aromatic carbocycles. The number of sulfonamides is 1. The van der Waals surface area contributed by atoms with E-state index in [1.54, 1.807) is 30.3 Å². The molecule has 3 aromatic rings. The van der Waals surface area contributed by atoms with Crippen LogP contribution in [-0.4, -0.2) is 37.0 Å². The van der Waals surface area contributed by atoms with Crippen LogP contribution in [0.15, 0.2) is 52.2 Å². The monoisotopic (exact) mass is 440 g/mol. The molecule has 7 heteroatoms. The molecule has 2 heterocycles. The third kappa shape index (κ3) is 4.59. The summed E-state index contributed by atoms with van der Waals surface area (Å²) in [5, 5.41) is 0.891. The number of fused-ring (bicyclic) bond motifs is 1. The van der Waals surface area contributed by atoms with E-state index in [4.69, 9.17) is 4.74 Å². The van der Waals surface area contributed by atoms with Gasteiger partial charge in [-0.25, -0.2) is 8.42 Å². The number of pyridine rings is 1. The van der Waals surface area contributed by atoms with E-state index in [0.29, 0.717) is 12.2 Å². The van der Waals surface area contributed by atoms with E-state index in [-0.39, 0.29) is 29.6 Å². The predicted octanol–water partition coefficient (Wildman–Crippen LogP) is 3.82. The molecule has 164 valence electrons. The highest BCUT2D eigenvalue weighted by atomic mass is 32.2. The lowest BCUT2D eigenvalue weighted by Crippen LogP contribution is -2.38. The molecule has 1 aromatic heterocycles. The SMILES string of the molecule is Cc1ccc(S(=O)(=O)N(Cc2cc3cc(C)c(C)cc3[nH]c2=O)CC2CCCO2)cc1. The maximum absolute atomic E-state index is 13.5. The number of H-pyrrole nitrogens is 1. The minimum absolute atomic E-state index is 0.00569. The molecule has 1 fully saturated rings. The van der Waals surface area contributed by atoms with Crippen molar-refractivity contribution < 1.29 is 13.2 Å². The molecule has 1 atom stereocenters. The number of ether oxygens (including phenoxy) is 1. The van der Waals surface area contributed by atoms with E-state index in [2.05, 4.69) is 4.98 Å². The number of aryl methyl sites for hydroxylation is 3. The van der Waals surface area contributed by atoms with Gasteiger partial charge in [-0.05, 0) is 80.5 Å². The summed E-state index contributed by atoms with van der Waals surface area (Å²) in [4.78, 5) is 15.9. The van der Waals surface area contributed by atoms with Gasteiger partial charge in [0.15, 0.2) is 0 Å². The van der Waals surface area contributed by atoms with Crippen molar-refractivity contribution in [1.82, 2.24) is 9.29 Å². The van der Waals surface area contributed by atoms with Crippen LogP contribution in [0.2, 0.25) is 0 Å². The first-order valence-electron chi connectivity index (χ1n) is 10.6. The van der Waals surface area contributed by atoms with E-state index in [9.17, 15) is 13.2 Å². The fourth-order valence-corrected chi connectivity index (χ4v) is 5.40. The van der Waals surface area contributed by atoms with Crippen LogP contribution in [0, 0.1) is 20.8 Å². The average molecular weight is 441 g/mol. The molecule has 1 N–H and O–H groups in total. The van der Waals surface area contributed by atoms with Crippen molar-refractivity contribution in [2.75, 3.05) is 13.2 Å². The third-order valence-corrected chi connectivity index (χ3v) is 7.80. The number of benzene rings is 2. The lowest BCUT2D eigenvalue weighted by molar-refractivity contribution is 0.0925. The Morgan fingerprint density at radius 3 is 2.45 bits per heavy atom. The molecule has 1 aliphatic rings. The highest BCUT2D eigenvalue weighted by Gasteiger charge is 2.30. The van der Waals surface area contributed by atoms with Gasteiger partial charge in [0.05, 0.1) is 11.0 Å². The lowest BCUT2D eigenvalue weighted by Gasteiger charge is -2.25. The first-order chi connectivity index (χ1) is 14.7. The van der Waals surface area contributed by atoms with E-state index < -0.39 is 10.0 Å². The summed E-state index contributed by atoms with van der Waals surface area (Å²) in [7, 11) is -3.79. The second-order valence-corrected chi connectivity index (χ2v) is 10.3.